The van der Waals surface area contributed by atoms with Crippen LogP contribution < -0.4 is 11.1 Å². The number of amides is 1. The largest absolute Gasteiger partial charge is 0.379 e. The fraction of sp³-hybridized carbons (Fsp3) is 0.923. The van der Waals surface area contributed by atoms with E-state index in [2.05, 4.69) is 12.2 Å². The zero-order valence-corrected chi connectivity index (χ0v) is 10.7. The van der Waals surface area contributed by atoms with Crippen molar-refractivity contribution in [1.29, 1.82) is 0 Å². The first kappa shape index (κ1) is 12.8. The molecule has 2 rings (SSSR count). The molecular weight excluding hydrogens is 216 g/mol. The van der Waals surface area contributed by atoms with Crippen molar-refractivity contribution in [2.45, 2.75) is 51.1 Å². The molecule has 0 radical (unpaired) electrons. The Hall–Kier alpha value is -0.610. The van der Waals surface area contributed by atoms with Crippen LogP contribution in [0.3, 0.4) is 0 Å². The van der Waals surface area contributed by atoms with E-state index in [1.165, 1.54) is 0 Å². The van der Waals surface area contributed by atoms with E-state index in [0.29, 0.717) is 12.5 Å². The van der Waals surface area contributed by atoms with Gasteiger partial charge in [-0.1, -0.05) is 6.92 Å². The zero-order chi connectivity index (χ0) is 12.3. The smallest absolute Gasteiger partial charge is 0.223 e. The molecule has 1 aliphatic heterocycles. The maximum absolute atomic E-state index is 12.2. The Morgan fingerprint density at radius 1 is 1.35 bits per heavy atom. The molecule has 0 bridgehead atoms. The van der Waals surface area contributed by atoms with Gasteiger partial charge >= 0.3 is 0 Å². The molecule has 1 saturated heterocycles. The van der Waals surface area contributed by atoms with E-state index >= 15 is 0 Å². The Kier molecular flexibility index (Phi) is 4.40. The average molecular weight is 240 g/mol. The fourth-order valence-electron chi connectivity index (χ4n) is 2.99. The molecule has 98 valence electrons. The molecule has 0 aromatic rings. The summed E-state index contributed by atoms with van der Waals surface area (Å²) < 4.78 is 5.38. The second-order valence-electron chi connectivity index (χ2n) is 5.58. The maximum atomic E-state index is 12.2. The summed E-state index contributed by atoms with van der Waals surface area (Å²) in [4.78, 5) is 12.2. The van der Waals surface area contributed by atoms with Crippen molar-refractivity contribution in [2.24, 2.45) is 17.6 Å². The Morgan fingerprint density at radius 3 is 2.82 bits per heavy atom. The first-order valence-corrected chi connectivity index (χ1v) is 6.80. The van der Waals surface area contributed by atoms with Gasteiger partial charge in [0.05, 0.1) is 12.6 Å². The number of ether oxygens (including phenoxy) is 1. The van der Waals surface area contributed by atoms with Crippen molar-refractivity contribution < 1.29 is 9.53 Å². The molecule has 0 aromatic carbocycles. The number of nitrogens with one attached hydrogen (secondary N) is 1. The van der Waals surface area contributed by atoms with Gasteiger partial charge in [0.25, 0.3) is 0 Å². The van der Waals surface area contributed by atoms with Gasteiger partial charge in [0, 0.05) is 18.6 Å². The summed E-state index contributed by atoms with van der Waals surface area (Å²) in [6, 6.07) is 0.506. The van der Waals surface area contributed by atoms with Gasteiger partial charge in [-0.25, -0.2) is 0 Å². The van der Waals surface area contributed by atoms with E-state index < -0.39 is 0 Å². The lowest BCUT2D eigenvalue weighted by atomic mass is 9.77. The summed E-state index contributed by atoms with van der Waals surface area (Å²) in [5, 5.41) is 3.13. The quantitative estimate of drug-likeness (QED) is 0.758. The molecule has 1 amide bonds. The van der Waals surface area contributed by atoms with Gasteiger partial charge in [-0.2, -0.15) is 0 Å². The molecule has 4 atom stereocenters. The third kappa shape index (κ3) is 3.42. The van der Waals surface area contributed by atoms with E-state index in [1.54, 1.807) is 0 Å². The normalized spacial score (nSPS) is 38.7. The van der Waals surface area contributed by atoms with Gasteiger partial charge in [-0.3, -0.25) is 4.79 Å². The second kappa shape index (κ2) is 5.83. The highest BCUT2D eigenvalue weighted by Crippen LogP contribution is 2.29. The monoisotopic (exact) mass is 240 g/mol. The molecule has 4 heteroatoms. The number of rotatable bonds is 2. The van der Waals surface area contributed by atoms with Gasteiger partial charge in [0.15, 0.2) is 0 Å². The van der Waals surface area contributed by atoms with Crippen LogP contribution in [-0.2, 0) is 9.53 Å². The number of carbonyl (C=O) groups excluding carboxylic acids is 1. The summed E-state index contributed by atoms with van der Waals surface area (Å²) in [6.07, 6.45) is 4.98. The summed E-state index contributed by atoms with van der Waals surface area (Å²) >= 11 is 0. The Balaban J connectivity index is 1.82. The van der Waals surface area contributed by atoms with Crippen molar-refractivity contribution in [3.05, 3.63) is 0 Å². The van der Waals surface area contributed by atoms with Crippen LogP contribution in [0, 0.1) is 11.8 Å². The van der Waals surface area contributed by atoms with Crippen molar-refractivity contribution in [3.8, 4) is 0 Å². The minimum Gasteiger partial charge on any atom is -0.379 e. The van der Waals surface area contributed by atoms with Gasteiger partial charge < -0.3 is 15.8 Å². The average Bonchev–Trinajstić information content (AvgIpc) is 2.30. The number of nitrogens with two attached hydrogens (primary N) is 1. The molecule has 1 heterocycles. The standard InChI is InChI=1S/C13H24N2O2/c1-9-7-10(14)4-5-12(9)13(16)15-11-3-2-6-17-8-11/h9-12H,2-8,14H2,1H3,(H,15,16). The van der Waals surface area contributed by atoms with Crippen LogP contribution in [0.2, 0.25) is 0 Å². The molecule has 1 aliphatic carbocycles. The summed E-state index contributed by atoms with van der Waals surface area (Å²) in [5.74, 6) is 0.764. The number of hydrogen-bond acceptors (Lipinski definition) is 3. The highest BCUT2D eigenvalue weighted by atomic mass is 16.5. The SMILES string of the molecule is CC1CC(N)CCC1C(=O)NC1CCCOC1. The molecule has 2 fully saturated rings. The molecule has 2 aliphatic rings. The van der Waals surface area contributed by atoms with Crippen LogP contribution in [0.25, 0.3) is 0 Å². The van der Waals surface area contributed by atoms with Crippen molar-refractivity contribution in [1.82, 2.24) is 5.32 Å². The second-order valence-corrected chi connectivity index (χ2v) is 5.58. The van der Waals surface area contributed by atoms with E-state index in [-0.39, 0.29) is 23.9 Å². The molecule has 1 saturated carbocycles. The van der Waals surface area contributed by atoms with Gasteiger partial charge in [0.2, 0.25) is 5.91 Å². The predicted molar refractivity (Wildman–Crippen MR) is 66.5 cm³/mol. The Bertz CT molecular complexity index is 264. The maximum Gasteiger partial charge on any atom is 0.223 e. The summed E-state index contributed by atoms with van der Waals surface area (Å²) in [6.45, 7) is 3.65. The molecule has 4 unspecified atom stereocenters. The van der Waals surface area contributed by atoms with E-state index in [1.807, 2.05) is 0 Å². The molecule has 4 nitrogen and oxygen atoms in total. The topological polar surface area (TPSA) is 64.4 Å². The summed E-state index contributed by atoms with van der Waals surface area (Å²) in [7, 11) is 0. The third-order valence-electron chi connectivity index (χ3n) is 4.05. The lowest BCUT2D eigenvalue weighted by Gasteiger charge is -2.33. The van der Waals surface area contributed by atoms with Crippen molar-refractivity contribution >= 4 is 5.91 Å². The lowest BCUT2D eigenvalue weighted by Crippen LogP contribution is -2.46. The highest BCUT2D eigenvalue weighted by molar-refractivity contribution is 5.79. The minimum absolute atomic E-state index is 0.150. The van der Waals surface area contributed by atoms with Crippen LogP contribution in [0.1, 0.15) is 39.0 Å². The van der Waals surface area contributed by atoms with E-state index in [4.69, 9.17) is 10.5 Å². The molecular formula is C13H24N2O2. The Morgan fingerprint density at radius 2 is 2.18 bits per heavy atom. The number of hydrogen-bond donors (Lipinski definition) is 2. The molecule has 0 aromatic heterocycles. The minimum atomic E-state index is 0.150. The molecule has 17 heavy (non-hydrogen) atoms. The third-order valence-corrected chi connectivity index (χ3v) is 4.05. The van der Waals surface area contributed by atoms with Gasteiger partial charge in [-0.15, -0.1) is 0 Å². The van der Waals surface area contributed by atoms with Crippen LogP contribution in [0.5, 0.6) is 0 Å². The van der Waals surface area contributed by atoms with Crippen LogP contribution in [0.4, 0.5) is 0 Å². The lowest BCUT2D eigenvalue weighted by molar-refractivity contribution is -0.129. The van der Waals surface area contributed by atoms with E-state index in [0.717, 1.165) is 38.7 Å². The zero-order valence-electron chi connectivity index (χ0n) is 10.7. The van der Waals surface area contributed by atoms with Crippen LogP contribution in [-0.4, -0.2) is 31.2 Å². The summed E-state index contributed by atoms with van der Waals surface area (Å²) in [5.41, 5.74) is 5.92. The Labute approximate surface area is 103 Å². The van der Waals surface area contributed by atoms with Crippen LogP contribution in [0.15, 0.2) is 0 Å². The van der Waals surface area contributed by atoms with Crippen molar-refractivity contribution in [2.75, 3.05) is 13.2 Å². The fourth-order valence-corrected chi connectivity index (χ4v) is 2.99. The van der Waals surface area contributed by atoms with Crippen molar-refractivity contribution in [3.63, 3.8) is 0 Å². The highest BCUT2D eigenvalue weighted by Gasteiger charge is 2.32. The first-order valence-electron chi connectivity index (χ1n) is 6.80. The molecule has 0 spiro atoms. The van der Waals surface area contributed by atoms with E-state index in [9.17, 15) is 4.79 Å². The van der Waals surface area contributed by atoms with Gasteiger partial charge in [0.1, 0.15) is 0 Å². The first-order chi connectivity index (χ1) is 8.16. The van der Waals surface area contributed by atoms with Crippen LogP contribution >= 0.6 is 0 Å². The molecule has 3 N–H and O–H groups in total. The number of carbonyl (C=O) groups is 1. The van der Waals surface area contributed by atoms with Gasteiger partial charge in [-0.05, 0) is 38.0 Å². The predicted octanol–water partition coefficient (Wildman–Crippen LogP) is 1.05.